The number of aliphatic carboxylic acids is 1. The van der Waals surface area contributed by atoms with E-state index in [-0.39, 0.29) is 49.2 Å². The Morgan fingerprint density at radius 1 is 0.667 bits per heavy atom. The van der Waals surface area contributed by atoms with Crippen molar-refractivity contribution in [3.05, 3.63) is 12.2 Å². The van der Waals surface area contributed by atoms with Gasteiger partial charge >= 0.3 is 47.5 Å². The number of allylic oxidation sites excluding steroid dienone is 2. The number of hydrogen-bond acceptors (Lipinski definition) is 8. The zero-order valence-electron chi connectivity index (χ0n) is 23.3. The monoisotopic (exact) mass is 522 g/mol. The molecule has 0 aromatic rings. The molecule has 0 aromatic carbocycles. The molecule has 0 saturated carbocycles. The average molecular weight is 523 g/mol. The fourth-order valence-electron chi connectivity index (χ4n) is 3.11. The van der Waals surface area contributed by atoms with Crippen LogP contribution in [0.1, 0.15) is 118 Å². The normalized spacial score (nSPS) is 10.2. The molecule has 0 radical (unpaired) electrons. The van der Waals surface area contributed by atoms with Crippen LogP contribution in [0.15, 0.2) is 12.2 Å². The molecule has 9 heteroatoms. The van der Waals surface area contributed by atoms with Crippen molar-refractivity contribution in [2.45, 2.75) is 124 Å². The van der Waals surface area contributed by atoms with Gasteiger partial charge in [0.15, 0.2) is 6.10 Å². The first-order chi connectivity index (χ1) is 16.7. The molecule has 0 saturated heterocycles. The Morgan fingerprint density at radius 3 is 1.47 bits per heavy atom. The van der Waals surface area contributed by atoms with Crippen molar-refractivity contribution in [1.29, 1.82) is 0 Å². The zero-order chi connectivity index (χ0) is 26.7. The minimum absolute atomic E-state index is 0. The van der Waals surface area contributed by atoms with Gasteiger partial charge in [-0.2, -0.15) is 0 Å². The summed E-state index contributed by atoms with van der Waals surface area (Å²) in [6.07, 6.45) is 20.1. The van der Waals surface area contributed by atoms with Crippen LogP contribution in [-0.2, 0) is 33.4 Å². The first-order valence-corrected chi connectivity index (χ1v) is 13.0. The van der Waals surface area contributed by atoms with Crippen molar-refractivity contribution in [2.75, 3.05) is 13.2 Å². The Bertz CT molecular complexity index is 574. The Kier molecular flexibility index (Phi) is 32.4. The summed E-state index contributed by atoms with van der Waals surface area (Å²) in [4.78, 5) is 41.9. The third-order valence-electron chi connectivity index (χ3n) is 4.92. The molecule has 0 bridgehead atoms. The van der Waals surface area contributed by atoms with Gasteiger partial charge in [-0.1, -0.05) is 70.4 Å². The summed E-state index contributed by atoms with van der Waals surface area (Å²) in [6, 6.07) is 0. The second-order valence-corrected chi connectivity index (χ2v) is 8.54. The Balaban J connectivity index is -0.000000612. The summed E-state index contributed by atoms with van der Waals surface area (Å²) >= 11 is 0. The molecular weight excluding hydrogens is 475 g/mol. The predicted octanol–water partition coefficient (Wildman–Crippen LogP) is 1.82. The number of carboxylic acid groups (broad SMARTS) is 1. The average Bonchev–Trinajstić information content (AvgIpc) is 2.78. The number of unbranched alkanes of at least 4 members (excludes halogenated alkanes) is 11. The number of carbonyl (C=O) groups is 4. The molecule has 0 aromatic heterocycles. The van der Waals surface area contributed by atoms with E-state index in [2.05, 4.69) is 28.5 Å². The Morgan fingerprint density at radius 2 is 1.08 bits per heavy atom. The van der Waals surface area contributed by atoms with Gasteiger partial charge in [-0.05, 0) is 38.5 Å². The van der Waals surface area contributed by atoms with E-state index in [1.807, 2.05) is 0 Å². The van der Waals surface area contributed by atoms with Crippen LogP contribution in [0, 0.1) is 0 Å². The molecule has 204 valence electrons. The largest absolute Gasteiger partial charge is 1.00 e. The summed E-state index contributed by atoms with van der Waals surface area (Å²) in [7, 11) is 0. The van der Waals surface area contributed by atoms with Crippen LogP contribution in [0.4, 0.5) is 0 Å². The summed E-state index contributed by atoms with van der Waals surface area (Å²) < 4.78 is 14.0. The van der Waals surface area contributed by atoms with Crippen LogP contribution in [-0.4, -0.2) is 43.2 Å². The summed E-state index contributed by atoms with van der Waals surface area (Å²) in [6.45, 7) is 5.69. The van der Waals surface area contributed by atoms with Gasteiger partial charge < -0.3 is 24.1 Å². The molecule has 0 spiro atoms. The standard InChI is InChI=1S/C18H34O2.C9H14O6.Na/c1-2-3-4-5-6-7-8-9-10-11-12-13-14-15-16-17-18(19)20;1-6(10)13-4-9(15-8(3)12)5-14-7(2)11;/h9-10H,2-8,11-17H2,1H3,(H,19,20);9H,4-5H2,1-3H3;/q;;+1/p-1/b10-9-;;. The molecular formula is C27H47NaO8. The van der Waals surface area contributed by atoms with Crippen LogP contribution >= 0.6 is 0 Å². The molecule has 0 N–H and O–H groups in total. The van der Waals surface area contributed by atoms with Gasteiger partial charge in [0.1, 0.15) is 13.2 Å². The predicted molar refractivity (Wildman–Crippen MR) is 133 cm³/mol. The van der Waals surface area contributed by atoms with E-state index in [1.165, 1.54) is 85.0 Å². The summed E-state index contributed by atoms with van der Waals surface area (Å²) in [5, 5.41) is 10.2. The maximum absolute atomic E-state index is 10.6. The topological polar surface area (TPSA) is 119 Å². The van der Waals surface area contributed by atoms with E-state index in [1.54, 1.807) is 0 Å². The summed E-state index contributed by atoms with van der Waals surface area (Å²) in [5.41, 5.74) is 0. The smallest absolute Gasteiger partial charge is 0.550 e. The first kappa shape index (κ1) is 39.1. The van der Waals surface area contributed by atoms with E-state index in [9.17, 15) is 24.3 Å². The fourth-order valence-corrected chi connectivity index (χ4v) is 3.11. The van der Waals surface area contributed by atoms with Gasteiger partial charge in [0, 0.05) is 26.7 Å². The molecule has 36 heavy (non-hydrogen) atoms. The third-order valence-corrected chi connectivity index (χ3v) is 4.92. The number of esters is 3. The van der Waals surface area contributed by atoms with E-state index in [0.29, 0.717) is 0 Å². The van der Waals surface area contributed by atoms with Gasteiger partial charge in [0.25, 0.3) is 0 Å². The van der Waals surface area contributed by atoms with E-state index < -0.39 is 30.0 Å². The van der Waals surface area contributed by atoms with Crippen LogP contribution in [0.2, 0.25) is 0 Å². The van der Waals surface area contributed by atoms with Crippen molar-refractivity contribution in [3.8, 4) is 0 Å². The quantitative estimate of drug-likeness (QED) is 0.0781. The van der Waals surface area contributed by atoms with Crippen molar-refractivity contribution in [3.63, 3.8) is 0 Å². The van der Waals surface area contributed by atoms with Crippen molar-refractivity contribution in [1.82, 2.24) is 0 Å². The van der Waals surface area contributed by atoms with Gasteiger partial charge in [-0.3, -0.25) is 14.4 Å². The van der Waals surface area contributed by atoms with Crippen LogP contribution in [0.5, 0.6) is 0 Å². The van der Waals surface area contributed by atoms with Crippen LogP contribution < -0.4 is 34.7 Å². The Labute approximate surface area is 240 Å². The van der Waals surface area contributed by atoms with Gasteiger partial charge in [0.05, 0.1) is 0 Å². The van der Waals surface area contributed by atoms with Gasteiger partial charge in [0.2, 0.25) is 0 Å². The van der Waals surface area contributed by atoms with Gasteiger partial charge in [-0.15, -0.1) is 0 Å². The number of rotatable bonds is 20. The van der Waals surface area contributed by atoms with Crippen LogP contribution in [0.25, 0.3) is 0 Å². The van der Waals surface area contributed by atoms with Crippen LogP contribution in [0.3, 0.4) is 0 Å². The first-order valence-electron chi connectivity index (χ1n) is 13.0. The SMILES string of the molecule is CC(=O)OCC(COC(C)=O)OC(C)=O.CCCCCCCC/C=C\CCCCCCCC(=O)[O-].[Na+]. The van der Waals surface area contributed by atoms with E-state index >= 15 is 0 Å². The van der Waals surface area contributed by atoms with E-state index in [4.69, 9.17) is 4.74 Å². The molecule has 0 fully saturated rings. The molecule has 0 heterocycles. The molecule has 0 aliphatic rings. The molecule has 0 aliphatic heterocycles. The van der Waals surface area contributed by atoms with Crippen molar-refractivity contribution in [2.24, 2.45) is 0 Å². The number of hydrogen-bond donors (Lipinski definition) is 0. The van der Waals surface area contributed by atoms with E-state index in [0.717, 1.165) is 19.3 Å². The van der Waals surface area contributed by atoms with Gasteiger partial charge in [-0.25, -0.2) is 0 Å². The number of carbonyl (C=O) groups excluding carboxylic acids is 4. The fraction of sp³-hybridized carbons (Fsp3) is 0.778. The molecule has 0 aliphatic carbocycles. The minimum Gasteiger partial charge on any atom is -0.550 e. The number of ether oxygens (including phenoxy) is 3. The van der Waals surface area contributed by atoms with Crippen molar-refractivity contribution < 1.29 is 68.1 Å². The number of carboxylic acids is 1. The minimum atomic E-state index is -0.914. The third kappa shape index (κ3) is 37.2. The molecule has 0 rings (SSSR count). The Hall–Kier alpha value is -1.38. The maximum atomic E-state index is 10.6. The molecule has 0 unspecified atom stereocenters. The second-order valence-electron chi connectivity index (χ2n) is 8.54. The molecule has 0 amide bonds. The molecule has 0 atom stereocenters. The zero-order valence-corrected chi connectivity index (χ0v) is 25.3. The second kappa shape index (κ2) is 29.8. The summed E-state index contributed by atoms with van der Waals surface area (Å²) in [5.74, 6) is -2.42. The molecule has 8 nitrogen and oxygen atoms in total. The van der Waals surface area contributed by atoms with Crippen molar-refractivity contribution >= 4 is 23.9 Å². The maximum Gasteiger partial charge on any atom is 1.00 e.